The SMILES string of the molecule is N.O=C(O)COC(C(=O)O)S(=O)(=O)O. The lowest BCUT2D eigenvalue weighted by Crippen LogP contribution is -2.34. The van der Waals surface area contributed by atoms with Gasteiger partial charge in [0.2, 0.25) is 0 Å². The smallest absolute Gasteiger partial charge is 0.351 e. The van der Waals surface area contributed by atoms with Crippen LogP contribution in [0.15, 0.2) is 0 Å². The Kier molecular flexibility index (Phi) is 5.98. The van der Waals surface area contributed by atoms with E-state index >= 15 is 0 Å². The zero-order valence-corrected chi connectivity index (χ0v) is 7.60. The molecule has 0 spiro atoms. The largest absolute Gasteiger partial charge is 0.480 e. The van der Waals surface area contributed by atoms with Crippen LogP contribution in [0.5, 0.6) is 0 Å². The van der Waals surface area contributed by atoms with Gasteiger partial charge in [0.1, 0.15) is 6.61 Å². The van der Waals surface area contributed by atoms with Crippen molar-refractivity contribution in [3.63, 3.8) is 0 Å². The molecule has 0 aliphatic heterocycles. The van der Waals surface area contributed by atoms with Crippen molar-refractivity contribution in [3.8, 4) is 0 Å². The highest BCUT2D eigenvalue weighted by Crippen LogP contribution is 2.00. The lowest BCUT2D eigenvalue weighted by molar-refractivity contribution is -0.151. The van der Waals surface area contributed by atoms with Gasteiger partial charge < -0.3 is 21.1 Å². The number of carboxylic acids is 2. The second kappa shape index (κ2) is 5.49. The Morgan fingerprint density at radius 2 is 1.71 bits per heavy atom. The van der Waals surface area contributed by atoms with Crippen molar-refractivity contribution in [2.75, 3.05) is 6.61 Å². The number of aliphatic carboxylic acids is 2. The van der Waals surface area contributed by atoms with Gasteiger partial charge in [-0.1, -0.05) is 0 Å². The van der Waals surface area contributed by atoms with Gasteiger partial charge in [0.25, 0.3) is 5.44 Å². The summed E-state index contributed by atoms with van der Waals surface area (Å²) < 4.78 is 32.6. The van der Waals surface area contributed by atoms with Crippen LogP contribution >= 0.6 is 0 Å². The normalized spacial score (nSPS) is 12.6. The first-order chi connectivity index (χ1) is 5.75. The van der Waals surface area contributed by atoms with Crippen molar-refractivity contribution >= 4 is 22.1 Å². The summed E-state index contributed by atoms with van der Waals surface area (Å²) in [5.74, 6) is -3.53. The second-order valence-electron chi connectivity index (χ2n) is 1.89. The van der Waals surface area contributed by atoms with E-state index < -0.39 is 34.1 Å². The third-order valence-electron chi connectivity index (χ3n) is 0.830. The van der Waals surface area contributed by atoms with Crippen LogP contribution < -0.4 is 6.15 Å². The van der Waals surface area contributed by atoms with Crippen molar-refractivity contribution in [2.45, 2.75) is 5.44 Å². The molecule has 0 aromatic rings. The van der Waals surface area contributed by atoms with Gasteiger partial charge >= 0.3 is 22.1 Å². The highest BCUT2D eigenvalue weighted by atomic mass is 32.2. The Morgan fingerprint density at radius 1 is 1.29 bits per heavy atom. The average Bonchev–Trinajstić information content (AvgIpc) is 1.81. The molecule has 0 heterocycles. The Hall–Kier alpha value is -1.23. The van der Waals surface area contributed by atoms with Gasteiger partial charge in [0.15, 0.2) is 0 Å². The van der Waals surface area contributed by atoms with Gasteiger partial charge in [-0.05, 0) is 0 Å². The van der Waals surface area contributed by atoms with Crippen LogP contribution in [0.1, 0.15) is 0 Å². The second-order valence-corrected chi connectivity index (χ2v) is 3.35. The van der Waals surface area contributed by atoms with Crippen molar-refractivity contribution in [1.29, 1.82) is 0 Å². The average molecular weight is 231 g/mol. The molecule has 0 aliphatic rings. The molecular formula is C4H9NO8S. The van der Waals surface area contributed by atoms with Gasteiger partial charge in [-0.2, -0.15) is 8.42 Å². The maximum absolute atomic E-state index is 10.2. The molecule has 0 rings (SSSR count). The molecule has 0 bridgehead atoms. The van der Waals surface area contributed by atoms with Gasteiger partial charge in [-0.3, -0.25) is 4.55 Å². The van der Waals surface area contributed by atoms with Gasteiger partial charge in [0, 0.05) is 0 Å². The molecule has 1 atom stereocenters. The van der Waals surface area contributed by atoms with Crippen LogP contribution in [0.25, 0.3) is 0 Å². The van der Waals surface area contributed by atoms with E-state index in [1.807, 2.05) is 0 Å². The van der Waals surface area contributed by atoms with Crippen molar-refractivity contribution in [1.82, 2.24) is 6.15 Å². The maximum atomic E-state index is 10.2. The first kappa shape index (κ1) is 15.3. The summed E-state index contributed by atoms with van der Waals surface area (Å²) in [6, 6.07) is 0. The molecule has 10 heteroatoms. The Morgan fingerprint density at radius 3 is 1.93 bits per heavy atom. The topological polar surface area (TPSA) is 173 Å². The fourth-order valence-electron chi connectivity index (χ4n) is 0.432. The lowest BCUT2D eigenvalue weighted by atomic mass is 10.7. The van der Waals surface area contributed by atoms with Gasteiger partial charge in [-0.25, -0.2) is 9.59 Å². The number of carbonyl (C=O) groups is 2. The quantitative estimate of drug-likeness (QED) is 0.412. The molecular weight excluding hydrogens is 222 g/mol. The Bertz CT molecular complexity index is 307. The third-order valence-corrected chi connectivity index (χ3v) is 1.71. The van der Waals surface area contributed by atoms with Crippen molar-refractivity contribution in [3.05, 3.63) is 0 Å². The van der Waals surface area contributed by atoms with Crippen molar-refractivity contribution in [2.24, 2.45) is 0 Å². The molecule has 0 aromatic carbocycles. The summed E-state index contributed by atoms with van der Waals surface area (Å²) >= 11 is 0. The van der Waals surface area contributed by atoms with Gasteiger partial charge in [-0.15, -0.1) is 0 Å². The van der Waals surface area contributed by atoms with Crippen LogP contribution in [0.3, 0.4) is 0 Å². The minimum atomic E-state index is -4.94. The molecule has 1 unspecified atom stereocenters. The number of carboxylic acid groups (broad SMARTS) is 2. The molecule has 0 amide bonds. The molecule has 9 nitrogen and oxygen atoms in total. The first-order valence-electron chi connectivity index (χ1n) is 2.77. The zero-order chi connectivity index (χ0) is 10.6. The lowest BCUT2D eigenvalue weighted by Gasteiger charge is -2.07. The van der Waals surface area contributed by atoms with Crippen LogP contribution in [0.2, 0.25) is 0 Å². The number of rotatable bonds is 5. The highest BCUT2D eigenvalue weighted by molar-refractivity contribution is 7.87. The molecule has 0 saturated heterocycles. The summed E-state index contributed by atoms with van der Waals surface area (Å²) in [6.07, 6.45) is 0. The Balaban J connectivity index is 0. The van der Waals surface area contributed by atoms with E-state index in [0.29, 0.717) is 0 Å². The molecule has 0 radical (unpaired) electrons. The standard InChI is InChI=1S/C4H6O8S.H3N/c5-2(6)1-12-4(3(7)8)13(9,10)11;/h4H,1H2,(H,5,6)(H,7,8)(H,9,10,11);1H3. The van der Waals surface area contributed by atoms with E-state index in [1.54, 1.807) is 0 Å². The van der Waals surface area contributed by atoms with Crippen LogP contribution in [-0.2, 0) is 24.4 Å². The Labute approximate surface area is 78.6 Å². The number of hydrogen-bond donors (Lipinski definition) is 4. The third kappa shape index (κ3) is 5.42. The molecule has 0 saturated carbocycles. The summed E-state index contributed by atoms with van der Waals surface area (Å²) in [5, 5.41) is 16.2. The maximum Gasteiger partial charge on any atom is 0.351 e. The van der Waals surface area contributed by atoms with Crippen LogP contribution in [-0.4, -0.2) is 47.2 Å². The predicted octanol–water partition coefficient (Wildman–Crippen LogP) is -1.45. The fraction of sp³-hybridized carbons (Fsp3) is 0.500. The highest BCUT2D eigenvalue weighted by Gasteiger charge is 2.32. The zero-order valence-electron chi connectivity index (χ0n) is 6.78. The molecule has 84 valence electrons. The summed E-state index contributed by atoms with van der Waals surface area (Å²) in [7, 11) is -4.94. The first-order valence-corrected chi connectivity index (χ1v) is 4.28. The molecule has 0 fully saturated rings. The molecule has 0 aromatic heterocycles. The van der Waals surface area contributed by atoms with Crippen LogP contribution in [0, 0.1) is 0 Å². The fourth-order valence-corrected chi connectivity index (χ4v) is 0.926. The van der Waals surface area contributed by atoms with Gasteiger partial charge in [0.05, 0.1) is 0 Å². The molecule has 6 N–H and O–H groups in total. The van der Waals surface area contributed by atoms with E-state index in [9.17, 15) is 18.0 Å². The number of ether oxygens (including phenoxy) is 1. The molecule has 14 heavy (non-hydrogen) atoms. The molecule has 0 aliphatic carbocycles. The summed E-state index contributed by atoms with van der Waals surface area (Å²) in [5.41, 5.74) is -2.57. The predicted molar refractivity (Wildman–Crippen MR) is 41.6 cm³/mol. The summed E-state index contributed by atoms with van der Waals surface area (Å²) in [6.45, 7) is -1.13. The van der Waals surface area contributed by atoms with Crippen molar-refractivity contribution < 1.29 is 37.5 Å². The van der Waals surface area contributed by atoms with E-state index in [1.165, 1.54) is 0 Å². The van der Waals surface area contributed by atoms with E-state index in [2.05, 4.69) is 4.74 Å². The van der Waals surface area contributed by atoms with E-state index in [4.69, 9.17) is 14.8 Å². The van der Waals surface area contributed by atoms with E-state index in [-0.39, 0.29) is 6.15 Å². The minimum Gasteiger partial charge on any atom is -0.480 e. The monoisotopic (exact) mass is 231 g/mol. The van der Waals surface area contributed by atoms with E-state index in [0.717, 1.165) is 0 Å². The number of hydrogen-bond acceptors (Lipinski definition) is 6. The van der Waals surface area contributed by atoms with Crippen LogP contribution in [0.4, 0.5) is 0 Å². The minimum absolute atomic E-state index is 0. The summed E-state index contributed by atoms with van der Waals surface area (Å²) in [4.78, 5) is 20.0.